The Morgan fingerprint density at radius 3 is 2.75 bits per heavy atom. The van der Waals surface area contributed by atoms with E-state index in [0.29, 0.717) is 5.92 Å². The van der Waals surface area contributed by atoms with Crippen molar-refractivity contribution in [3.8, 4) is 5.75 Å². The Hall–Kier alpha value is -0.980. The molecule has 1 nitrogen and oxygen atoms in total. The molecule has 1 spiro atoms. The van der Waals surface area contributed by atoms with Gasteiger partial charge in [-0.3, -0.25) is 0 Å². The summed E-state index contributed by atoms with van der Waals surface area (Å²) in [6.07, 6.45) is 7.69. The molecule has 1 aliphatic carbocycles. The summed E-state index contributed by atoms with van der Waals surface area (Å²) in [5.74, 6) is 1.87. The number of hydrogen-bond donors (Lipinski definition) is 0. The standard InChI is InChI=1S/C15H20O/c1-2-12-11-15(9-5-6-10-15)16-14-8-4-3-7-13(12)14/h3-4,7-8,12H,2,5-6,9-11H2,1H3/t12-/m0/s1. The van der Waals surface area contributed by atoms with Crippen LogP contribution < -0.4 is 4.74 Å². The molecular formula is C15H20O. The molecule has 0 saturated heterocycles. The van der Waals surface area contributed by atoms with Crippen molar-refractivity contribution in [1.82, 2.24) is 0 Å². The van der Waals surface area contributed by atoms with Gasteiger partial charge < -0.3 is 4.74 Å². The van der Waals surface area contributed by atoms with E-state index in [1.807, 2.05) is 0 Å². The van der Waals surface area contributed by atoms with Crippen LogP contribution in [0.15, 0.2) is 24.3 Å². The van der Waals surface area contributed by atoms with Crippen molar-refractivity contribution >= 4 is 0 Å². The van der Waals surface area contributed by atoms with Crippen molar-refractivity contribution in [1.29, 1.82) is 0 Å². The summed E-state index contributed by atoms with van der Waals surface area (Å²) in [4.78, 5) is 0. The van der Waals surface area contributed by atoms with Crippen molar-refractivity contribution in [3.05, 3.63) is 29.8 Å². The molecule has 0 N–H and O–H groups in total. The van der Waals surface area contributed by atoms with Crippen molar-refractivity contribution < 1.29 is 4.74 Å². The maximum absolute atomic E-state index is 6.31. The lowest BCUT2D eigenvalue weighted by molar-refractivity contribution is 0.0412. The minimum Gasteiger partial charge on any atom is -0.487 e. The molecule has 1 atom stereocenters. The molecular weight excluding hydrogens is 196 g/mol. The normalized spacial score (nSPS) is 26.4. The summed E-state index contributed by atoms with van der Waals surface area (Å²) >= 11 is 0. The number of ether oxygens (including phenoxy) is 1. The Bertz CT molecular complexity index is 377. The Kier molecular flexibility index (Phi) is 2.42. The largest absolute Gasteiger partial charge is 0.487 e. The van der Waals surface area contributed by atoms with E-state index in [4.69, 9.17) is 4.74 Å². The van der Waals surface area contributed by atoms with Gasteiger partial charge in [0.25, 0.3) is 0 Å². The Morgan fingerprint density at radius 2 is 2.00 bits per heavy atom. The highest BCUT2D eigenvalue weighted by molar-refractivity contribution is 5.39. The van der Waals surface area contributed by atoms with Crippen LogP contribution in [0.5, 0.6) is 5.75 Å². The Balaban J connectivity index is 1.98. The van der Waals surface area contributed by atoms with Crippen LogP contribution in [0.2, 0.25) is 0 Å². The molecule has 0 aromatic heterocycles. The van der Waals surface area contributed by atoms with Gasteiger partial charge >= 0.3 is 0 Å². The molecule has 0 amide bonds. The molecule has 3 rings (SSSR count). The molecule has 1 saturated carbocycles. The van der Waals surface area contributed by atoms with Gasteiger partial charge in [0.1, 0.15) is 11.4 Å². The van der Waals surface area contributed by atoms with Gasteiger partial charge in [-0.05, 0) is 56.1 Å². The van der Waals surface area contributed by atoms with Gasteiger partial charge in [-0.2, -0.15) is 0 Å². The average Bonchev–Trinajstić information content (AvgIpc) is 2.76. The predicted octanol–water partition coefficient (Wildman–Crippen LogP) is 4.28. The number of fused-ring (bicyclic) bond motifs is 1. The number of para-hydroxylation sites is 1. The average molecular weight is 216 g/mol. The first-order valence-electron chi connectivity index (χ1n) is 6.61. The zero-order chi connectivity index (χ0) is 11.0. The second-order valence-corrected chi connectivity index (χ2v) is 5.34. The minimum absolute atomic E-state index is 0.190. The molecule has 16 heavy (non-hydrogen) atoms. The number of benzene rings is 1. The fourth-order valence-electron chi connectivity index (χ4n) is 3.43. The van der Waals surface area contributed by atoms with E-state index >= 15 is 0 Å². The molecule has 0 radical (unpaired) electrons. The Morgan fingerprint density at radius 1 is 1.25 bits per heavy atom. The van der Waals surface area contributed by atoms with Crippen LogP contribution in [0.1, 0.15) is 56.9 Å². The van der Waals surface area contributed by atoms with Gasteiger partial charge in [0.2, 0.25) is 0 Å². The van der Waals surface area contributed by atoms with Gasteiger partial charge in [0.15, 0.2) is 0 Å². The maximum Gasteiger partial charge on any atom is 0.123 e. The summed E-state index contributed by atoms with van der Waals surface area (Å²) in [7, 11) is 0. The molecule has 1 aliphatic heterocycles. The van der Waals surface area contributed by atoms with Crippen LogP contribution in [-0.4, -0.2) is 5.60 Å². The predicted molar refractivity (Wildman–Crippen MR) is 65.9 cm³/mol. The van der Waals surface area contributed by atoms with E-state index in [0.717, 1.165) is 5.75 Å². The summed E-state index contributed by atoms with van der Waals surface area (Å²) in [6.45, 7) is 2.30. The fraction of sp³-hybridized carbons (Fsp3) is 0.600. The molecule has 1 heteroatoms. The monoisotopic (exact) mass is 216 g/mol. The quantitative estimate of drug-likeness (QED) is 0.681. The molecule has 2 aliphatic rings. The van der Waals surface area contributed by atoms with E-state index < -0.39 is 0 Å². The van der Waals surface area contributed by atoms with Crippen molar-refractivity contribution in [2.45, 2.75) is 57.0 Å². The number of rotatable bonds is 1. The van der Waals surface area contributed by atoms with E-state index in [1.165, 1.54) is 44.1 Å². The summed E-state index contributed by atoms with van der Waals surface area (Å²) in [5.41, 5.74) is 1.62. The first kappa shape index (κ1) is 10.2. The third-order valence-corrected chi connectivity index (χ3v) is 4.31. The zero-order valence-electron chi connectivity index (χ0n) is 10.0. The van der Waals surface area contributed by atoms with Crippen LogP contribution in [0.3, 0.4) is 0 Å². The summed E-state index contributed by atoms with van der Waals surface area (Å²) in [6, 6.07) is 8.62. The lowest BCUT2D eigenvalue weighted by Crippen LogP contribution is -2.38. The SMILES string of the molecule is CC[C@H]1CC2(CCCC2)Oc2ccccc21. The minimum atomic E-state index is 0.190. The van der Waals surface area contributed by atoms with Gasteiger partial charge in [-0.15, -0.1) is 0 Å². The van der Waals surface area contributed by atoms with Crippen LogP contribution in [-0.2, 0) is 0 Å². The van der Waals surface area contributed by atoms with E-state index in [9.17, 15) is 0 Å². The van der Waals surface area contributed by atoms with Crippen LogP contribution in [0.4, 0.5) is 0 Å². The highest BCUT2D eigenvalue weighted by Crippen LogP contribution is 2.48. The van der Waals surface area contributed by atoms with Crippen molar-refractivity contribution in [2.24, 2.45) is 0 Å². The first-order valence-corrected chi connectivity index (χ1v) is 6.61. The molecule has 0 bridgehead atoms. The highest BCUT2D eigenvalue weighted by Gasteiger charge is 2.42. The Labute approximate surface area is 97.8 Å². The molecule has 1 aromatic carbocycles. The maximum atomic E-state index is 6.31. The van der Waals surface area contributed by atoms with Crippen molar-refractivity contribution in [2.75, 3.05) is 0 Å². The smallest absolute Gasteiger partial charge is 0.123 e. The second-order valence-electron chi connectivity index (χ2n) is 5.34. The van der Waals surface area contributed by atoms with E-state index in [-0.39, 0.29) is 5.60 Å². The summed E-state index contributed by atoms with van der Waals surface area (Å²) < 4.78 is 6.31. The second kappa shape index (κ2) is 3.80. The van der Waals surface area contributed by atoms with E-state index in [1.54, 1.807) is 0 Å². The van der Waals surface area contributed by atoms with Crippen LogP contribution >= 0.6 is 0 Å². The van der Waals surface area contributed by atoms with E-state index in [2.05, 4.69) is 31.2 Å². The van der Waals surface area contributed by atoms with Gasteiger partial charge in [0, 0.05) is 0 Å². The molecule has 86 valence electrons. The van der Waals surface area contributed by atoms with Crippen LogP contribution in [0, 0.1) is 0 Å². The number of hydrogen-bond acceptors (Lipinski definition) is 1. The van der Waals surface area contributed by atoms with Gasteiger partial charge in [-0.1, -0.05) is 25.1 Å². The molecule has 1 heterocycles. The molecule has 0 unspecified atom stereocenters. The fourth-order valence-corrected chi connectivity index (χ4v) is 3.43. The third-order valence-electron chi connectivity index (χ3n) is 4.31. The lowest BCUT2D eigenvalue weighted by atomic mass is 9.80. The third kappa shape index (κ3) is 1.53. The molecule has 1 aromatic rings. The topological polar surface area (TPSA) is 9.23 Å². The zero-order valence-corrected chi connectivity index (χ0v) is 10.0. The first-order chi connectivity index (χ1) is 7.83. The summed E-state index contributed by atoms with van der Waals surface area (Å²) in [5, 5.41) is 0. The highest BCUT2D eigenvalue weighted by atomic mass is 16.5. The lowest BCUT2D eigenvalue weighted by Gasteiger charge is -2.39. The van der Waals surface area contributed by atoms with Crippen LogP contribution in [0.25, 0.3) is 0 Å². The molecule has 1 fully saturated rings. The van der Waals surface area contributed by atoms with Crippen molar-refractivity contribution in [3.63, 3.8) is 0 Å². The van der Waals surface area contributed by atoms with Gasteiger partial charge in [-0.25, -0.2) is 0 Å². The van der Waals surface area contributed by atoms with Gasteiger partial charge in [0.05, 0.1) is 0 Å².